The fourth-order valence-corrected chi connectivity index (χ4v) is 7.93. The summed E-state index contributed by atoms with van der Waals surface area (Å²) in [6.45, 7) is 4.25. The third-order valence-corrected chi connectivity index (χ3v) is 9.95. The third kappa shape index (κ3) is 4.84. The third-order valence-electron chi connectivity index (χ3n) is 6.04. The molecule has 12 heteroatoms. The molecule has 2 saturated heterocycles. The second kappa shape index (κ2) is 9.16. The molecule has 0 saturated carbocycles. The Hall–Kier alpha value is -2.28. The summed E-state index contributed by atoms with van der Waals surface area (Å²) in [6, 6.07) is 8.45. The molecule has 0 aliphatic carbocycles. The number of carbonyl (C=O) groups is 1. The number of amides is 1. The fourth-order valence-electron chi connectivity index (χ4n) is 4.45. The van der Waals surface area contributed by atoms with E-state index in [2.05, 4.69) is 5.10 Å². The van der Waals surface area contributed by atoms with Crippen LogP contribution in [0, 0.1) is 13.8 Å². The van der Waals surface area contributed by atoms with Crippen LogP contribution < -0.4 is 4.90 Å². The van der Waals surface area contributed by atoms with Gasteiger partial charge >= 0.3 is 0 Å². The lowest BCUT2D eigenvalue weighted by molar-refractivity contribution is -0.119. The minimum absolute atomic E-state index is 0.0378. The molecule has 1 amide bonds. The quantitative estimate of drug-likeness (QED) is 0.579. The molecule has 0 bridgehead atoms. The Kier molecular flexibility index (Phi) is 6.63. The first-order valence-electron chi connectivity index (χ1n) is 10.8. The Morgan fingerprint density at radius 1 is 1.18 bits per heavy atom. The molecule has 2 aromatic rings. The Bertz CT molecular complexity index is 1240. The zero-order valence-corrected chi connectivity index (χ0v) is 20.3. The van der Waals surface area contributed by atoms with Crippen LogP contribution >= 0.6 is 0 Å². The summed E-state index contributed by atoms with van der Waals surface area (Å²) >= 11 is 0. The first-order valence-corrected chi connectivity index (χ1v) is 14.1. The number of nitrogens with zero attached hydrogens (tertiary/aromatic N) is 4. The van der Waals surface area contributed by atoms with Gasteiger partial charge in [0.05, 0.1) is 42.1 Å². The van der Waals surface area contributed by atoms with Crippen LogP contribution in [0.5, 0.6) is 0 Å². The summed E-state index contributed by atoms with van der Waals surface area (Å²) in [5.41, 5.74) is 1.30. The first kappa shape index (κ1) is 23.9. The molecule has 3 heterocycles. The smallest absolute Gasteiger partial charge is 0.249 e. The average molecular weight is 497 g/mol. The highest BCUT2D eigenvalue weighted by Gasteiger charge is 2.37. The van der Waals surface area contributed by atoms with Crippen molar-refractivity contribution < 1.29 is 26.4 Å². The van der Waals surface area contributed by atoms with Gasteiger partial charge in [-0.15, -0.1) is 0 Å². The van der Waals surface area contributed by atoms with Crippen LogP contribution in [0.15, 0.2) is 35.2 Å². The predicted molar refractivity (Wildman–Crippen MR) is 122 cm³/mol. The Morgan fingerprint density at radius 3 is 2.45 bits per heavy atom. The molecule has 0 radical (unpaired) electrons. The van der Waals surface area contributed by atoms with Gasteiger partial charge in [-0.1, -0.05) is 18.2 Å². The van der Waals surface area contributed by atoms with Gasteiger partial charge in [0.25, 0.3) is 0 Å². The van der Waals surface area contributed by atoms with Crippen molar-refractivity contribution >= 4 is 31.5 Å². The van der Waals surface area contributed by atoms with E-state index in [-0.39, 0.29) is 41.9 Å². The molecule has 2 aliphatic heterocycles. The largest absolute Gasteiger partial charge is 0.379 e. The van der Waals surface area contributed by atoms with Crippen molar-refractivity contribution in [3.8, 4) is 0 Å². The van der Waals surface area contributed by atoms with E-state index in [0.29, 0.717) is 36.7 Å². The molecule has 1 atom stereocenters. The van der Waals surface area contributed by atoms with Crippen LogP contribution in [0.4, 0.5) is 5.69 Å². The van der Waals surface area contributed by atoms with Crippen molar-refractivity contribution in [3.05, 3.63) is 41.7 Å². The molecule has 33 heavy (non-hydrogen) atoms. The zero-order chi connectivity index (χ0) is 23.8. The zero-order valence-electron chi connectivity index (χ0n) is 18.7. The number of morpholine rings is 1. The SMILES string of the molecule is Cc1nn(CC(=O)N(c2ccccc2)C2CCS(=O)(=O)C2)c(C)c1S(=O)(=O)N1CCOCC1. The van der Waals surface area contributed by atoms with Gasteiger partial charge in [-0.2, -0.15) is 9.40 Å². The van der Waals surface area contributed by atoms with E-state index in [9.17, 15) is 21.6 Å². The fraction of sp³-hybridized carbons (Fsp3) is 0.524. The molecule has 180 valence electrons. The number of sulfonamides is 1. The van der Waals surface area contributed by atoms with Gasteiger partial charge in [0.15, 0.2) is 9.84 Å². The maximum atomic E-state index is 13.4. The van der Waals surface area contributed by atoms with Gasteiger partial charge in [0.2, 0.25) is 15.9 Å². The van der Waals surface area contributed by atoms with Gasteiger partial charge in [-0.05, 0) is 32.4 Å². The Morgan fingerprint density at radius 2 is 1.85 bits per heavy atom. The van der Waals surface area contributed by atoms with Crippen molar-refractivity contribution in [2.24, 2.45) is 0 Å². The van der Waals surface area contributed by atoms with Crippen molar-refractivity contribution in [3.63, 3.8) is 0 Å². The molecule has 2 fully saturated rings. The number of sulfone groups is 1. The number of hydrogen-bond donors (Lipinski definition) is 0. The highest BCUT2D eigenvalue weighted by atomic mass is 32.2. The number of aromatic nitrogens is 2. The van der Waals surface area contributed by atoms with Crippen LogP contribution in [0.2, 0.25) is 0 Å². The van der Waals surface area contributed by atoms with Crippen LogP contribution in [0.1, 0.15) is 17.8 Å². The van der Waals surface area contributed by atoms with E-state index < -0.39 is 25.9 Å². The predicted octanol–water partition coefficient (Wildman–Crippen LogP) is 0.741. The van der Waals surface area contributed by atoms with Crippen LogP contribution in [-0.2, 0) is 35.9 Å². The summed E-state index contributed by atoms with van der Waals surface area (Å²) in [4.78, 5) is 15.0. The normalized spacial score (nSPS) is 21.2. The van der Waals surface area contributed by atoms with Gasteiger partial charge in [0, 0.05) is 18.8 Å². The number of carbonyl (C=O) groups excluding carboxylic acids is 1. The van der Waals surface area contributed by atoms with E-state index in [1.807, 2.05) is 6.07 Å². The van der Waals surface area contributed by atoms with Crippen molar-refractivity contribution in [1.82, 2.24) is 14.1 Å². The average Bonchev–Trinajstić information content (AvgIpc) is 3.27. The summed E-state index contributed by atoms with van der Waals surface area (Å²) in [7, 11) is -6.98. The maximum absolute atomic E-state index is 13.4. The molecule has 10 nitrogen and oxygen atoms in total. The lowest BCUT2D eigenvalue weighted by atomic mass is 10.1. The second-order valence-corrected chi connectivity index (χ2v) is 12.4. The number of anilines is 1. The molecule has 1 aromatic heterocycles. The van der Waals surface area contributed by atoms with Crippen molar-refractivity contribution in [2.75, 3.05) is 42.7 Å². The van der Waals surface area contributed by atoms with Gasteiger partial charge in [-0.3, -0.25) is 9.48 Å². The van der Waals surface area contributed by atoms with Crippen LogP contribution in [0.25, 0.3) is 0 Å². The minimum Gasteiger partial charge on any atom is -0.379 e. The number of rotatable bonds is 6. The number of benzene rings is 1. The van der Waals surface area contributed by atoms with E-state index >= 15 is 0 Å². The molecule has 4 rings (SSSR count). The number of para-hydroxylation sites is 1. The van der Waals surface area contributed by atoms with Crippen LogP contribution in [-0.4, -0.2) is 80.7 Å². The summed E-state index contributed by atoms with van der Waals surface area (Å²) in [6.07, 6.45) is 0.358. The highest BCUT2D eigenvalue weighted by molar-refractivity contribution is 7.91. The summed E-state index contributed by atoms with van der Waals surface area (Å²) in [5, 5.41) is 4.36. The molecular formula is C21H28N4O6S2. The Balaban J connectivity index is 1.63. The lowest BCUT2D eigenvalue weighted by Gasteiger charge is -2.28. The highest BCUT2D eigenvalue weighted by Crippen LogP contribution is 2.27. The van der Waals surface area contributed by atoms with Crippen molar-refractivity contribution in [2.45, 2.75) is 37.8 Å². The monoisotopic (exact) mass is 496 g/mol. The molecule has 1 aromatic carbocycles. The topological polar surface area (TPSA) is 119 Å². The van der Waals surface area contributed by atoms with Crippen LogP contribution in [0.3, 0.4) is 0 Å². The van der Waals surface area contributed by atoms with Gasteiger partial charge < -0.3 is 9.64 Å². The minimum atomic E-state index is -3.78. The second-order valence-electron chi connectivity index (χ2n) is 8.33. The number of aryl methyl sites for hydroxylation is 1. The number of ether oxygens (including phenoxy) is 1. The van der Waals surface area contributed by atoms with E-state index in [1.165, 1.54) is 13.9 Å². The molecule has 0 N–H and O–H groups in total. The molecule has 1 unspecified atom stereocenters. The van der Waals surface area contributed by atoms with E-state index in [1.54, 1.807) is 38.1 Å². The molecule has 0 spiro atoms. The van der Waals surface area contributed by atoms with E-state index in [4.69, 9.17) is 4.74 Å². The summed E-state index contributed by atoms with van der Waals surface area (Å²) < 4.78 is 58.6. The molecular weight excluding hydrogens is 468 g/mol. The van der Waals surface area contributed by atoms with Gasteiger partial charge in [-0.25, -0.2) is 16.8 Å². The maximum Gasteiger partial charge on any atom is 0.249 e. The lowest BCUT2D eigenvalue weighted by Crippen LogP contribution is -2.43. The van der Waals surface area contributed by atoms with Gasteiger partial charge in [0.1, 0.15) is 11.4 Å². The number of hydrogen-bond acceptors (Lipinski definition) is 7. The standard InChI is InChI=1S/C21H28N4O6S2/c1-16-21(33(29,30)23-9-11-31-12-10-23)17(2)24(22-16)14-20(26)25(18-6-4-3-5-7-18)19-8-13-32(27,28)15-19/h3-7,19H,8-15H2,1-2H3. The summed E-state index contributed by atoms with van der Waals surface area (Å²) in [5.74, 6) is -0.401. The van der Waals surface area contributed by atoms with Crippen molar-refractivity contribution in [1.29, 1.82) is 0 Å². The Labute approximate surface area is 194 Å². The van der Waals surface area contributed by atoms with E-state index in [0.717, 1.165) is 0 Å². The first-order chi connectivity index (χ1) is 15.6. The molecule has 2 aliphatic rings.